The maximum Gasteiger partial charge on any atom is 0.511 e. The molecule has 1 heterocycles. The number of benzene rings is 1. The van der Waals surface area contributed by atoms with Crippen molar-refractivity contribution in [2.24, 2.45) is 4.99 Å². The van der Waals surface area contributed by atoms with Crippen LogP contribution in [0.3, 0.4) is 0 Å². The molecule has 1 aromatic rings. The number of nitrogens with zero attached hydrogens (tertiary/aromatic N) is 2. The van der Waals surface area contributed by atoms with Crippen LogP contribution in [0.5, 0.6) is 0 Å². The van der Waals surface area contributed by atoms with E-state index in [1.54, 1.807) is 6.07 Å². The molecule has 1 saturated heterocycles. The van der Waals surface area contributed by atoms with Gasteiger partial charge in [-0.05, 0) is 50.3 Å². The standard InChI is InChI=1S/C18H26F4N4O2S.HI/c1-2-23-17(24-10-4-6-14-5-3-7-15(19)13-14)25-16-8-11-26(12-9-16)29(27,28)18(20,21)22;/h3,5,7,13,16H,2,4,6,8-12H2,1H3,(H2,23,24,25);1H. The summed E-state index contributed by atoms with van der Waals surface area (Å²) in [4.78, 5) is 4.44. The van der Waals surface area contributed by atoms with Crippen molar-refractivity contribution in [3.63, 3.8) is 0 Å². The van der Waals surface area contributed by atoms with Crippen LogP contribution >= 0.6 is 24.0 Å². The molecule has 0 saturated carbocycles. The van der Waals surface area contributed by atoms with Crippen LogP contribution in [0.25, 0.3) is 0 Å². The summed E-state index contributed by atoms with van der Waals surface area (Å²) in [7, 11) is -5.28. The van der Waals surface area contributed by atoms with E-state index >= 15 is 0 Å². The molecule has 0 aliphatic carbocycles. The maximum absolute atomic E-state index is 13.2. The van der Waals surface area contributed by atoms with Gasteiger partial charge in [0.25, 0.3) is 0 Å². The molecule has 12 heteroatoms. The second-order valence-corrected chi connectivity index (χ2v) is 8.69. The fraction of sp³-hybridized carbons (Fsp3) is 0.611. The highest BCUT2D eigenvalue weighted by molar-refractivity contribution is 14.0. The predicted octanol–water partition coefficient (Wildman–Crippen LogP) is 3.25. The van der Waals surface area contributed by atoms with Crippen LogP contribution in [0.2, 0.25) is 0 Å². The number of piperidine rings is 1. The van der Waals surface area contributed by atoms with Gasteiger partial charge < -0.3 is 10.6 Å². The second-order valence-electron chi connectivity index (χ2n) is 6.76. The number of halogens is 5. The van der Waals surface area contributed by atoms with Crippen molar-refractivity contribution in [1.82, 2.24) is 14.9 Å². The van der Waals surface area contributed by atoms with Gasteiger partial charge in [-0.1, -0.05) is 12.1 Å². The minimum absolute atomic E-state index is 0. The summed E-state index contributed by atoms with van der Waals surface area (Å²) in [6.45, 7) is 2.60. The Morgan fingerprint density at radius 1 is 1.27 bits per heavy atom. The Hall–Kier alpha value is -1.15. The van der Waals surface area contributed by atoms with E-state index in [4.69, 9.17) is 0 Å². The monoisotopic (exact) mass is 566 g/mol. The molecule has 6 nitrogen and oxygen atoms in total. The van der Waals surface area contributed by atoms with Crippen molar-refractivity contribution in [2.75, 3.05) is 26.2 Å². The van der Waals surface area contributed by atoms with Gasteiger partial charge in [0.1, 0.15) is 5.82 Å². The summed E-state index contributed by atoms with van der Waals surface area (Å²) in [6, 6.07) is 6.20. The Labute approximate surface area is 191 Å². The van der Waals surface area contributed by atoms with Crippen molar-refractivity contribution in [3.05, 3.63) is 35.6 Å². The Balaban J connectivity index is 0.00000450. The van der Waals surface area contributed by atoms with Crippen LogP contribution in [0.1, 0.15) is 31.7 Å². The third-order valence-electron chi connectivity index (χ3n) is 4.55. The van der Waals surface area contributed by atoms with Crippen LogP contribution < -0.4 is 10.6 Å². The first kappa shape index (κ1) is 26.9. The minimum atomic E-state index is -5.28. The first-order valence-corrected chi connectivity index (χ1v) is 10.9. The number of alkyl halides is 3. The van der Waals surface area contributed by atoms with Crippen LogP contribution in [-0.2, 0) is 16.4 Å². The molecule has 172 valence electrons. The largest absolute Gasteiger partial charge is 0.511 e. The average molecular weight is 566 g/mol. The number of nitrogens with one attached hydrogen (secondary N) is 2. The summed E-state index contributed by atoms with van der Waals surface area (Å²) in [5, 5.41) is 6.22. The highest BCUT2D eigenvalue weighted by Gasteiger charge is 2.50. The van der Waals surface area contributed by atoms with Crippen molar-refractivity contribution in [2.45, 2.75) is 44.2 Å². The average Bonchev–Trinajstić information content (AvgIpc) is 2.65. The Kier molecular flexibility index (Phi) is 10.8. The van der Waals surface area contributed by atoms with Crippen molar-refractivity contribution in [1.29, 1.82) is 0 Å². The summed E-state index contributed by atoms with van der Waals surface area (Å²) in [6.07, 6.45) is 1.89. The van der Waals surface area contributed by atoms with E-state index in [2.05, 4.69) is 15.6 Å². The van der Waals surface area contributed by atoms with E-state index in [0.717, 1.165) is 5.56 Å². The van der Waals surface area contributed by atoms with Gasteiger partial charge in [0.2, 0.25) is 0 Å². The third kappa shape index (κ3) is 7.84. The van der Waals surface area contributed by atoms with Gasteiger partial charge in [-0.2, -0.15) is 17.5 Å². The molecular weight excluding hydrogens is 539 g/mol. The summed E-state index contributed by atoms with van der Waals surface area (Å²) in [5.74, 6) is 0.253. The maximum atomic E-state index is 13.2. The molecule has 0 spiro atoms. The zero-order valence-electron chi connectivity index (χ0n) is 16.6. The molecule has 0 atom stereocenters. The highest BCUT2D eigenvalue weighted by Crippen LogP contribution is 2.28. The number of hydrogen-bond acceptors (Lipinski definition) is 3. The fourth-order valence-corrected chi connectivity index (χ4v) is 4.05. The predicted molar refractivity (Wildman–Crippen MR) is 119 cm³/mol. The lowest BCUT2D eigenvalue weighted by molar-refractivity contribution is -0.0494. The zero-order chi connectivity index (χ0) is 21.5. The quantitative estimate of drug-likeness (QED) is 0.175. The number of sulfonamides is 1. The highest BCUT2D eigenvalue weighted by atomic mass is 127. The van der Waals surface area contributed by atoms with Crippen LogP contribution in [-0.4, -0.2) is 56.4 Å². The van der Waals surface area contributed by atoms with E-state index in [1.165, 1.54) is 12.1 Å². The molecule has 0 unspecified atom stereocenters. The van der Waals surface area contributed by atoms with Gasteiger partial charge in [0.05, 0.1) is 0 Å². The Bertz CT molecular complexity index is 798. The molecule has 0 aromatic heterocycles. The number of guanidine groups is 1. The first-order chi connectivity index (χ1) is 13.6. The molecule has 0 bridgehead atoms. The van der Waals surface area contributed by atoms with Crippen LogP contribution in [0, 0.1) is 5.82 Å². The van der Waals surface area contributed by atoms with Gasteiger partial charge in [-0.15, -0.1) is 24.0 Å². The molecule has 0 amide bonds. The van der Waals surface area contributed by atoms with E-state index in [-0.39, 0.29) is 61.8 Å². The summed E-state index contributed by atoms with van der Waals surface area (Å²) in [5.41, 5.74) is -4.39. The van der Waals surface area contributed by atoms with E-state index in [0.29, 0.717) is 36.2 Å². The minimum Gasteiger partial charge on any atom is -0.357 e. The molecule has 0 radical (unpaired) electrons. The molecular formula is C18H27F4IN4O2S. The number of hydrogen-bond donors (Lipinski definition) is 2. The SMILES string of the molecule is CCNC(=NCCCc1cccc(F)c1)NC1CCN(S(=O)(=O)C(F)(F)F)CC1.I. The second kappa shape index (κ2) is 12.0. The third-order valence-corrected chi connectivity index (χ3v) is 6.18. The van der Waals surface area contributed by atoms with E-state index in [9.17, 15) is 26.0 Å². The molecule has 2 N–H and O–H groups in total. The lowest BCUT2D eigenvalue weighted by atomic mass is 10.1. The smallest absolute Gasteiger partial charge is 0.357 e. The molecule has 2 rings (SSSR count). The molecule has 1 fully saturated rings. The normalized spacial score (nSPS) is 16.8. The molecule has 1 aliphatic heterocycles. The Morgan fingerprint density at radius 3 is 2.50 bits per heavy atom. The van der Waals surface area contributed by atoms with E-state index < -0.39 is 15.5 Å². The molecule has 30 heavy (non-hydrogen) atoms. The Morgan fingerprint density at radius 2 is 1.93 bits per heavy atom. The van der Waals surface area contributed by atoms with Gasteiger partial charge in [0.15, 0.2) is 5.96 Å². The molecule has 1 aliphatic rings. The van der Waals surface area contributed by atoms with E-state index in [1.807, 2.05) is 13.0 Å². The number of rotatable bonds is 7. The summed E-state index contributed by atoms with van der Waals surface area (Å²) >= 11 is 0. The summed E-state index contributed by atoms with van der Waals surface area (Å²) < 4.78 is 74.5. The first-order valence-electron chi connectivity index (χ1n) is 9.49. The van der Waals surface area contributed by atoms with Crippen molar-refractivity contribution < 1.29 is 26.0 Å². The van der Waals surface area contributed by atoms with Gasteiger partial charge >= 0.3 is 15.5 Å². The number of aliphatic imine (C=N–C) groups is 1. The van der Waals surface area contributed by atoms with Crippen LogP contribution in [0.15, 0.2) is 29.3 Å². The van der Waals surface area contributed by atoms with Gasteiger partial charge in [0, 0.05) is 32.2 Å². The van der Waals surface area contributed by atoms with Crippen molar-refractivity contribution >= 4 is 40.0 Å². The van der Waals surface area contributed by atoms with Crippen LogP contribution in [0.4, 0.5) is 17.6 Å². The molecule has 1 aromatic carbocycles. The lowest BCUT2D eigenvalue weighted by Gasteiger charge is -2.32. The number of aryl methyl sites for hydroxylation is 1. The van der Waals surface area contributed by atoms with Crippen molar-refractivity contribution in [3.8, 4) is 0 Å². The lowest BCUT2D eigenvalue weighted by Crippen LogP contribution is -2.51. The zero-order valence-corrected chi connectivity index (χ0v) is 19.7. The topological polar surface area (TPSA) is 73.8 Å². The van der Waals surface area contributed by atoms with Gasteiger partial charge in [-0.25, -0.2) is 12.8 Å². The van der Waals surface area contributed by atoms with Gasteiger partial charge in [-0.3, -0.25) is 4.99 Å². The fourth-order valence-electron chi connectivity index (χ4n) is 3.07.